The van der Waals surface area contributed by atoms with Crippen molar-refractivity contribution in [3.63, 3.8) is 0 Å². The van der Waals surface area contributed by atoms with Crippen LogP contribution in [0.1, 0.15) is 112 Å². The monoisotopic (exact) mass is 540 g/mol. The number of nitrogens with zero attached hydrogens (tertiary/aromatic N) is 6. The zero-order valence-electron chi connectivity index (χ0n) is 21.5. The van der Waals surface area contributed by atoms with Gasteiger partial charge in [0, 0.05) is 24.7 Å². The molecule has 2 aliphatic carbocycles. The minimum absolute atomic E-state index is 0.0428. The number of ketones is 2. The Balaban J connectivity index is 1.06. The first kappa shape index (κ1) is 23.8. The fraction of sp³-hybridized carbons (Fsp3) is 0.400. The van der Waals surface area contributed by atoms with Crippen LogP contribution in [0.2, 0.25) is 0 Å². The molecule has 8 nitrogen and oxygen atoms in total. The summed E-state index contributed by atoms with van der Waals surface area (Å²) >= 11 is 0. The summed E-state index contributed by atoms with van der Waals surface area (Å²) in [5.74, 6) is -0.224. The van der Waals surface area contributed by atoms with Gasteiger partial charge in [0.05, 0.1) is 12.1 Å². The van der Waals surface area contributed by atoms with Crippen LogP contribution in [0.4, 0.5) is 8.78 Å². The van der Waals surface area contributed by atoms with Crippen LogP contribution >= 0.6 is 0 Å². The van der Waals surface area contributed by atoms with E-state index in [1.165, 1.54) is 0 Å². The average molecular weight is 541 g/mol. The first-order valence-corrected chi connectivity index (χ1v) is 13.9. The molecular weight excluding hydrogens is 514 g/mol. The van der Waals surface area contributed by atoms with E-state index in [4.69, 9.17) is 0 Å². The van der Waals surface area contributed by atoms with Crippen LogP contribution in [-0.2, 0) is 0 Å². The molecule has 0 amide bonds. The van der Waals surface area contributed by atoms with Crippen LogP contribution in [0.3, 0.4) is 0 Å². The lowest BCUT2D eigenvalue weighted by Crippen LogP contribution is -2.13. The summed E-state index contributed by atoms with van der Waals surface area (Å²) in [5, 5.41) is 8.92. The number of carbonyl (C=O) groups is 2. The zero-order valence-corrected chi connectivity index (χ0v) is 21.5. The largest absolute Gasteiger partial charge is 0.290 e. The number of hydrogen-bond acceptors (Lipinski definition) is 6. The predicted octanol–water partition coefficient (Wildman–Crippen LogP) is 5.46. The van der Waals surface area contributed by atoms with E-state index in [2.05, 4.69) is 20.2 Å². The summed E-state index contributed by atoms with van der Waals surface area (Å²) < 4.78 is 33.0. The van der Waals surface area contributed by atoms with Gasteiger partial charge in [0.25, 0.3) is 0 Å². The van der Waals surface area contributed by atoms with Crippen LogP contribution in [0.25, 0.3) is 0 Å². The highest BCUT2D eigenvalue weighted by Crippen LogP contribution is 2.53. The molecule has 10 heteroatoms. The fourth-order valence-corrected chi connectivity index (χ4v) is 6.45. The highest BCUT2D eigenvalue weighted by Gasteiger charge is 2.49. The number of fused-ring (bicyclic) bond motifs is 2. The lowest BCUT2D eigenvalue weighted by molar-refractivity contribution is 0.0947. The third-order valence-electron chi connectivity index (χ3n) is 8.78. The Hall–Kier alpha value is -4.08. The van der Waals surface area contributed by atoms with Crippen molar-refractivity contribution in [2.24, 2.45) is 11.8 Å². The molecule has 4 heterocycles. The van der Waals surface area contributed by atoms with Gasteiger partial charge in [0.15, 0.2) is 24.0 Å². The van der Waals surface area contributed by atoms with Crippen molar-refractivity contribution in [2.75, 3.05) is 0 Å². The van der Waals surface area contributed by atoms with Gasteiger partial charge in [0.2, 0.25) is 23.2 Å². The van der Waals surface area contributed by atoms with Gasteiger partial charge in [-0.05, 0) is 41.9 Å². The van der Waals surface area contributed by atoms with Crippen LogP contribution in [0, 0.1) is 11.8 Å². The molecule has 2 aromatic carbocycles. The molecule has 4 aromatic rings. The molecule has 0 saturated heterocycles. The van der Waals surface area contributed by atoms with Gasteiger partial charge in [-0.2, -0.15) is 0 Å². The van der Waals surface area contributed by atoms with Gasteiger partial charge in [-0.3, -0.25) is 9.59 Å². The Labute approximate surface area is 228 Å². The molecule has 202 valence electrons. The van der Waals surface area contributed by atoms with Crippen molar-refractivity contribution < 1.29 is 18.4 Å². The summed E-state index contributed by atoms with van der Waals surface area (Å²) in [6, 6.07) is 16.6. The van der Waals surface area contributed by atoms with Crippen LogP contribution in [0.15, 0.2) is 54.6 Å². The van der Waals surface area contributed by atoms with Crippen LogP contribution in [-0.4, -0.2) is 41.1 Å². The van der Waals surface area contributed by atoms with E-state index < -0.39 is 18.4 Å². The van der Waals surface area contributed by atoms with Crippen molar-refractivity contribution in [1.82, 2.24) is 29.5 Å². The average Bonchev–Trinajstić information content (AvgIpc) is 3.82. The molecule has 40 heavy (non-hydrogen) atoms. The normalized spacial score (nSPS) is 28.4. The van der Waals surface area contributed by atoms with Crippen molar-refractivity contribution in [2.45, 2.75) is 62.4 Å². The smallest absolute Gasteiger partial charge is 0.217 e. The summed E-state index contributed by atoms with van der Waals surface area (Å²) in [4.78, 5) is 34.6. The second-order valence-corrected chi connectivity index (χ2v) is 11.4. The number of Topliss-reactive ketones (excluding diaryl/α,β-unsaturated/α-hetero) is 2. The summed E-state index contributed by atoms with van der Waals surface area (Å²) in [6.07, 6.45) is 0.122. The molecule has 2 unspecified atom stereocenters. The van der Waals surface area contributed by atoms with Crippen LogP contribution in [0.5, 0.6) is 0 Å². The Morgan fingerprint density at radius 3 is 1.95 bits per heavy atom. The van der Waals surface area contributed by atoms with Gasteiger partial charge in [-0.1, -0.05) is 54.6 Å². The standard InChI is InChI=1S/C30H26F2N6O2/c31-21-13-23(15-6-2-1-3-7-15)37-29(21)34-28(36-37)26(40)20-12-19(20)17-8-4-5-9-18(17)24-14-22(32)30-33-27(35-38(24)30)25(39)16-10-11-16/h1-9,16,19-24H,10-14H2/t19?,20?,21-,22+,23-,24+/m1/s1. The Bertz CT molecular complexity index is 1660. The summed E-state index contributed by atoms with van der Waals surface area (Å²) in [5.41, 5.74) is 2.77. The number of halogens is 2. The summed E-state index contributed by atoms with van der Waals surface area (Å²) in [7, 11) is 0. The van der Waals surface area contributed by atoms with Gasteiger partial charge in [-0.25, -0.2) is 28.1 Å². The second-order valence-electron chi connectivity index (χ2n) is 11.4. The van der Waals surface area contributed by atoms with Gasteiger partial charge in [-0.15, -0.1) is 10.2 Å². The number of rotatable bonds is 7. The van der Waals surface area contributed by atoms with E-state index in [1.54, 1.807) is 9.36 Å². The Morgan fingerprint density at radius 2 is 1.27 bits per heavy atom. The first-order chi connectivity index (χ1) is 19.5. The zero-order chi connectivity index (χ0) is 27.1. The maximum atomic E-state index is 15.0. The topological polar surface area (TPSA) is 95.6 Å². The molecule has 0 bridgehead atoms. The quantitative estimate of drug-likeness (QED) is 0.289. The van der Waals surface area contributed by atoms with E-state index in [-0.39, 0.29) is 71.5 Å². The Morgan fingerprint density at radius 1 is 0.700 bits per heavy atom. The van der Waals surface area contributed by atoms with Gasteiger partial charge >= 0.3 is 0 Å². The highest BCUT2D eigenvalue weighted by atomic mass is 19.1. The van der Waals surface area contributed by atoms with E-state index in [1.807, 2.05) is 54.6 Å². The number of alkyl halides is 2. The molecule has 2 aromatic heterocycles. The maximum Gasteiger partial charge on any atom is 0.217 e. The second kappa shape index (κ2) is 8.71. The number of hydrogen-bond donors (Lipinski definition) is 0. The van der Waals surface area contributed by atoms with Crippen LogP contribution < -0.4 is 0 Å². The van der Waals surface area contributed by atoms with Gasteiger partial charge < -0.3 is 0 Å². The molecule has 0 radical (unpaired) electrons. The lowest BCUT2D eigenvalue weighted by atomic mass is 9.94. The molecule has 0 N–H and O–H groups in total. The van der Waals surface area contributed by atoms with Crippen molar-refractivity contribution >= 4 is 11.6 Å². The first-order valence-electron chi connectivity index (χ1n) is 13.9. The van der Waals surface area contributed by atoms with Crippen molar-refractivity contribution in [1.29, 1.82) is 0 Å². The molecule has 2 saturated carbocycles. The number of carbonyl (C=O) groups excluding carboxylic acids is 2. The maximum absolute atomic E-state index is 15.0. The van der Waals surface area contributed by atoms with E-state index >= 15 is 4.39 Å². The van der Waals surface area contributed by atoms with Crippen molar-refractivity contribution in [3.8, 4) is 0 Å². The van der Waals surface area contributed by atoms with E-state index in [0.717, 1.165) is 29.5 Å². The number of aromatic nitrogens is 6. The molecule has 8 rings (SSSR count). The fourth-order valence-electron chi connectivity index (χ4n) is 6.45. The molecule has 4 aliphatic rings. The minimum Gasteiger partial charge on any atom is -0.290 e. The minimum atomic E-state index is -1.31. The van der Waals surface area contributed by atoms with Crippen molar-refractivity contribution in [3.05, 3.63) is 94.6 Å². The SMILES string of the molecule is O=C(c1nc2n(n1)[C@H](c1ccccc1C1CC1C(=O)c1nc3n(n1)[C@@H](c1ccccc1)C[C@H]3F)C[C@@H]2F)C1CC1. The molecule has 2 aliphatic heterocycles. The van der Waals surface area contributed by atoms with Gasteiger partial charge in [0.1, 0.15) is 0 Å². The lowest BCUT2D eigenvalue weighted by Gasteiger charge is -2.16. The van der Waals surface area contributed by atoms with E-state index in [0.29, 0.717) is 6.42 Å². The summed E-state index contributed by atoms with van der Waals surface area (Å²) in [6.45, 7) is 0. The molecule has 0 spiro atoms. The third kappa shape index (κ3) is 3.68. The molecule has 6 atom stereocenters. The molecule has 2 fully saturated rings. The predicted molar refractivity (Wildman–Crippen MR) is 138 cm³/mol. The van der Waals surface area contributed by atoms with E-state index in [9.17, 15) is 14.0 Å². The highest BCUT2D eigenvalue weighted by molar-refractivity contribution is 5.97. The molecular formula is C30H26F2N6O2. The number of benzene rings is 2. The third-order valence-corrected chi connectivity index (χ3v) is 8.78. The Kier molecular flexibility index (Phi) is 5.18.